The lowest BCUT2D eigenvalue weighted by molar-refractivity contribution is -0.149. The predicted molar refractivity (Wildman–Crippen MR) is 76.2 cm³/mol. The fourth-order valence-electron chi connectivity index (χ4n) is 3.08. The number of likely N-dealkylation sites (tertiary alicyclic amines) is 1. The molecule has 0 amide bonds. The van der Waals surface area contributed by atoms with Crippen LogP contribution in [0.1, 0.15) is 32.3 Å². The lowest BCUT2D eigenvalue weighted by atomic mass is 9.79. The Labute approximate surface area is 115 Å². The molecule has 1 aliphatic heterocycles. The number of hydrogen-bond acceptors (Lipinski definition) is 2. The summed E-state index contributed by atoms with van der Waals surface area (Å²) in [5.41, 5.74) is 1.06. The number of piperidine rings is 1. The maximum Gasteiger partial charge on any atom is 0.308 e. The van der Waals surface area contributed by atoms with Gasteiger partial charge in [0.05, 0.1) is 5.92 Å². The standard InChI is InChI=1S/C16H23NO2/c1-16(2)14(15(18)19)9-6-11-17(16)12-10-13-7-4-3-5-8-13/h3-5,7-8,14H,6,9-12H2,1-2H3,(H,18,19). The van der Waals surface area contributed by atoms with Gasteiger partial charge in [0.1, 0.15) is 0 Å². The third kappa shape index (κ3) is 3.16. The van der Waals surface area contributed by atoms with Crippen molar-refractivity contribution in [2.24, 2.45) is 5.92 Å². The zero-order valence-corrected chi connectivity index (χ0v) is 11.8. The maximum absolute atomic E-state index is 11.4. The largest absolute Gasteiger partial charge is 0.481 e. The Balaban J connectivity index is 2.01. The quantitative estimate of drug-likeness (QED) is 0.906. The molecular formula is C16H23NO2. The van der Waals surface area contributed by atoms with E-state index in [1.165, 1.54) is 5.56 Å². The van der Waals surface area contributed by atoms with E-state index in [9.17, 15) is 9.90 Å². The second kappa shape index (κ2) is 5.74. The number of hydrogen-bond donors (Lipinski definition) is 1. The van der Waals surface area contributed by atoms with Gasteiger partial charge in [-0.25, -0.2) is 0 Å². The molecule has 1 unspecified atom stereocenters. The Kier molecular flexibility index (Phi) is 4.25. The molecule has 3 nitrogen and oxygen atoms in total. The van der Waals surface area contributed by atoms with Crippen LogP contribution in [0.15, 0.2) is 30.3 Å². The Morgan fingerprint density at radius 2 is 2.05 bits per heavy atom. The van der Waals surface area contributed by atoms with Gasteiger partial charge in [0.25, 0.3) is 0 Å². The highest BCUT2D eigenvalue weighted by atomic mass is 16.4. The summed E-state index contributed by atoms with van der Waals surface area (Å²) in [7, 11) is 0. The highest BCUT2D eigenvalue weighted by Gasteiger charge is 2.42. The minimum Gasteiger partial charge on any atom is -0.481 e. The fourth-order valence-corrected chi connectivity index (χ4v) is 3.08. The molecule has 1 aliphatic rings. The maximum atomic E-state index is 11.4. The Morgan fingerprint density at radius 3 is 2.68 bits per heavy atom. The fraction of sp³-hybridized carbons (Fsp3) is 0.562. The van der Waals surface area contributed by atoms with Crippen molar-refractivity contribution in [3.63, 3.8) is 0 Å². The predicted octanol–water partition coefficient (Wildman–Crippen LogP) is 2.80. The number of rotatable bonds is 4. The molecule has 1 atom stereocenters. The molecule has 0 spiro atoms. The van der Waals surface area contributed by atoms with Crippen LogP contribution in [0.4, 0.5) is 0 Å². The average Bonchev–Trinajstić information content (AvgIpc) is 2.37. The minimum atomic E-state index is -0.658. The van der Waals surface area contributed by atoms with Crippen molar-refractivity contribution < 1.29 is 9.90 Å². The number of carbonyl (C=O) groups is 1. The van der Waals surface area contributed by atoms with Crippen LogP contribution in [-0.2, 0) is 11.2 Å². The molecular weight excluding hydrogens is 238 g/mol. The molecule has 0 saturated carbocycles. The first-order valence-corrected chi connectivity index (χ1v) is 7.03. The summed E-state index contributed by atoms with van der Waals surface area (Å²) >= 11 is 0. The SMILES string of the molecule is CC1(C)C(C(=O)O)CCCN1CCc1ccccc1. The molecule has 1 heterocycles. The summed E-state index contributed by atoms with van der Waals surface area (Å²) in [6.07, 6.45) is 2.76. The summed E-state index contributed by atoms with van der Waals surface area (Å²) in [6, 6.07) is 10.4. The van der Waals surface area contributed by atoms with Gasteiger partial charge >= 0.3 is 5.97 Å². The van der Waals surface area contributed by atoms with Gasteiger partial charge in [-0.1, -0.05) is 30.3 Å². The topological polar surface area (TPSA) is 40.5 Å². The summed E-state index contributed by atoms with van der Waals surface area (Å²) in [6.45, 7) is 6.07. The smallest absolute Gasteiger partial charge is 0.308 e. The summed E-state index contributed by atoms with van der Waals surface area (Å²) in [4.78, 5) is 13.7. The van der Waals surface area contributed by atoms with Crippen molar-refractivity contribution in [3.05, 3.63) is 35.9 Å². The van der Waals surface area contributed by atoms with E-state index in [-0.39, 0.29) is 11.5 Å². The van der Waals surface area contributed by atoms with Crippen LogP contribution in [-0.4, -0.2) is 34.6 Å². The third-order valence-electron chi connectivity index (χ3n) is 4.40. The zero-order valence-electron chi connectivity index (χ0n) is 11.8. The lowest BCUT2D eigenvalue weighted by Gasteiger charge is -2.46. The first kappa shape index (κ1) is 14.1. The summed E-state index contributed by atoms with van der Waals surface area (Å²) < 4.78 is 0. The van der Waals surface area contributed by atoms with Crippen LogP contribution < -0.4 is 0 Å². The molecule has 1 aromatic carbocycles. The van der Waals surface area contributed by atoms with E-state index in [1.807, 2.05) is 6.07 Å². The van der Waals surface area contributed by atoms with Crippen molar-refractivity contribution in [1.29, 1.82) is 0 Å². The molecule has 1 saturated heterocycles. The summed E-state index contributed by atoms with van der Waals surface area (Å²) in [5.74, 6) is -0.911. The van der Waals surface area contributed by atoms with E-state index in [0.717, 1.165) is 32.4 Å². The van der Waals surface area contributed by atoms with Crippen LogP contribution >= 0.6 is 0 Å². The van der Waals surface area contributed by atoms with Crippen LogP contribution in [0.25, 0.3) is 0 Å². The molecule has 1 N–H and O–H groups in total. The molecule has 3 heteroatoms. The van der Waals surface area contributed by atoms with Crippen LogP contribution in [0.3, 0.4) is 0 Å². The van der Waals surface area contributed by atoms with Gasteiger partial charge in [-0.2, -0.15) is 0 Å². The zero-order chi connectivity index (χ0) is 13.9. The van der Waals surface area contributed by atoms with E-state index in [0.29, 0.717) is 0 Å². The summed E-state index contributed by atoms with van der Waals surface area (Å²) in [5, 5.41) is 9.35. The number of carboxylic acid groups (broad SMARTS) is 1. The Morgan fingerprint density at radius 1 is 1.37 bits per heavy atom. The molecule has 0 bridgehead atoms. The normalized spacial score (nSPS) is 23.2. The van der Waals surface area contributed by atoms with Crippen LogP contribution in [0.5, 0.6) is 0 Å². The molecule has 0 aliphatic carbocycles. The van der Waals surface area contributed by atoms with E-state index in [2.05, 4.69) is 43.0 Å². The van der Waals surface area contributed by atoms with Gasteiger partial charge in [0, 0.05) is 12.1 Å². The van der Waals surface area contributed by atoms with Crippen LogP contribution in [0.2, 0.25) is 0 Å². The van der Waals surface area contributed by atoms with Gasteiger partial charge in [0.15, 0.2) is 0 Å². The highest BCUT2D eigenvalue weighted by Crippen LogP contribution is 2.33. The van der Waals surface area contributed by atoms with Gasteiger partial charge in [-0.3, -0.25) is 9.69 Å². The molecule has 104 valence electrons. The first-order chi connectivity index (χ1) is 9.01. The minimum absolute atomic E-state index is 0.251. The van der Waals surface area contributed by atoms with Crippen molar-refractivity contribution in [3.8, 4) is 0 Å². The van der Waals surface area contributed by atoms with Crippen molar-refractivity contribution in [2.75, 3.05) is 13.1 Å². The number of carboxylic acids is 1. The van der Waals surface area contributed by atoms with E-state index >= 15 is 0 Å². The second-order valence-electron chi connectivity index (χ2n) is 5.91. The molecule has 0 aromatic heterocycles. The highest BCUT2D eigenvalue weighted by molar-refractivity contribution is 5.71. The van der Waals surface area contributed by atoms with E-state index in [1.54, 1.807) is 0 Å². The van der Waals surface area contributed by atoms with Gasteiger partial charge in [-0.05, 0) is 45.2 Å². The number of aliphatic carboxylic acids is 1. The van der Waals surface area contributed by atoms with Gasteiger partial charge in [-0.15, -0.1) is 0 Å². The third-order valence-corrected chi connectivity index (χ3v) is 4.40. The number of benzene rings is 1. The monoisotopic (exact) mass is 261 g/mol. The van der Waals surface area contributed by atoms with E-state index in [4.69, 9.17) is 0 Å². The van der Waals surface area contributed by atoms with E-state index < -0.39 is 5.97 Å². The van der Waals surface area contributed by atoms with Crippen molar-refractivity contribution in [2.45, 2.75) is 38.6 Å². The first-order valence-electron chi connectivity index (χ1n) is 7.03. The molecule has 0 radical (unpaired) electrons. The average molecular weight is 261 g/mol. The number of nitrogens with zero attached hydrogens (tertiary/aromatic N) is 1. The van der Waals surface area contributed by atoms with Crippen molar-refractivity contribution >= 4 is 5.97 Å². The van der Waals surface area contributed by atoms with Gasteiger partial charge < -0.3 is 5.11 Å². The van der Waals surface area contributed by atoms with Crippen LogP contribution in [0, 0.1) is 5.92 Å². The molecule has 2 rings (SSSR count). The van der Waals surface area contributed by atoms with Gasteiger partial charge in [0.2, 0.25) is 0 Å². The molecule has 19 heavy (non-hydrogen) atoms. The Bertz CT molecular complexity index is 428. The molecule has 1 aromatic rings. The van der Waals surface area contributed by atoms with Crippen molar-refractivity contribution in [1.82, 2.24) is 4.90 Å². The second-order valence-corrected chi connectivity index (χ2v) is 5.91. The Hall–Kier alpha value is -1.35. The molecule has 1 fully saturated rings. The lowest BCUT2D eigenvalue weighted by Crippen LogP contribution is -2.56.